The van der Waals surface area contributed by atoms with Crippen LogP contribution < -0.4 is 10.2 Å². The van der Waals surface area contributed by atoms with E-state index in [1.807, 2.05) is 24.3 Å². The molecule has 0 bridgehead atoms. The molecule has 0 aliphatic heterocycles. The third-order valence-corrected chi connectivity index (χ3v) is 7.01. The van der Waals surface area contributed by atoms with Gasteiger partial charge in [-0.05, 0) is 39.3 Å². The number of rotatable bonds is 5. The van der Waals surface area contributed by atoms with Gasteiger partial charge in [-0.2, -0.15) is 9.97 Å². The minimum atomic E-state index is -1.14. The maximum atomic E-state index is 12.6. The zero-order valence-corrected chi connectivity index (χ0v) is 21.3. The number of benzene rings is 1. The van der Waals surface area contributed by atoms with Crippen molar-refractivity contribution < 1.29 is 24.9 Å². The first kappa shape index (κ1) is 25.5. The molecule has 2 heterocycles. The van der Waals surface area contributed by atoms with Gasteiger partial charge in [0.1, 0.15) is 27.7 Å². The largest absolute Gasteiger partial charge is 0.443 e. The SMILES string of the molecule is CN(C(=O)OC(C)(C)C)c1nc(Cl)c(-c2nc3ccccc3s2)c(N[C@@H]2C[C@H](CO)[C@@H](O)[C@H]2O)n1. The second-order valence-corrected chi connectivity index (χ2v) is 10.9. The van der Waals surface area contributed by atoms with Gasteiger partial charge in [0, 0.05) is 19.6 Å². The summed E-state index contributed by atoms with van der Waals surface area (Å²) in [7, 11) is 1.47. The normalized spacial score (nSPS) is 22.4. The number of anilines is 2. The standard InChI is InChI=1S/C23H28ClN5O5S/c1-23(2,3)34-22(33)29(4)21-27-18(24)15(20-26-12-7-5-6-8-14(12)35-20)19(28-21)25-13-9-11(10-30)16(31)17(13)32/h5-8,11,13,16-17,30-32H,9-10H2,1-4H3,(H,25,27,28)/t11-,13-,16-,17+/m1/s1. The average Bonchev–Trinajstić information content (AvgIpc) is 3.33. The van der Waals surface area contributed by atoms with Gasteiger partial charge in [0.15, 0.2) is 0 Å². The van der Waals surface area contributed by atoms with Crippen molar-refractivity contribution in [1.82, 2.24) is 15.0 Å². The number of amides is 1. The number of carbonyl (C=O) groups excluding carboxylic acids is 1. The molecule has 0 saturated heterocycles. The molecule has 3 aromatic rings. The molecule has 4 atom stereocenters. The van der Waals surface area contributed by atoms with Crippen LogP contribution in [0.1, 0.15) is 27.2 Å². The van der Waals surface area contributed by atoms with Crippen molar-refractivity contribution in [3.63, 3.8) is 0 Å². The molecule has 1 fully saturated rings. The molecule has 1 saturated carbocycles. The number of fused-ring (bicyclic) bond motifs is 1. The Morgan fingerprint density at radius 2 is 1.94 bits per heavy atom. The predicted molar refractivity (Wildman–Crippen MR) is 135 cm³/mol. The summed E-state index contributed by atoms with van der Waals surface area (Å²) in [5.41, 5.74) is 0.463. The molecule has 2 aromatic heterocycles. The van der Waals surface area contributed by atoms with Crippen LogP contribution in [0, 0.1) is 5.92 Å². The number of halogens is 1. The summed E-state index contributed by atoms with van der Waals surface area (Å²) >= 11 is 8.03. The molecule has 1 aliphatic carbocycles. The molecular weight excluding hydrogens is 494 g/mol. The summed E-state index contributed by atoms with van der Waals surface area (Å²) in [6.45, 7) is 4.98. The van der Waals surface area contributed by atoms with E-state index in [1.165, 1.54) is 18.4 Å². The van der Waals surface area contributed by atoms with Crippen molar-refractivity contribution in [2.75, 3.05) is 23.9 Å². The first-order valence-electron chi connectivity index (χ1n) is 11.1. The van der Waals surface area contributed by atoms with E-state index in [2.05, 4.69) is 20.3 Å². The fourth-order valence-electron chi connectivity index (χ4n) is 3.88. The first-order chi connectivity index (χ1) is 16.5. The van der Waals surface area contributed by atoms with Gasteiger partial charge in [0.25, 0.3) is 0 Å². The van der Waals surface area contributed by atoms with Crippen LogP contribution in [0.4, 0.5) is 16.6 Å². The Labute approximate surface area is 211 Å². The number of carbonyl (C=O) groups is 1. The van der Waals surface area contributed by atoms with Crippen LogP contribution in [0.15, 0.2) is 24.3 Å². The maximum absolute atomic E-state index is 12.6. The van der Waals surface area contributed by atoms with Gasteiger partial charge in [0.2, 0.25) is 5.95 Å². The summed E-state index contributed by atoms with van der Waals surface area (Å²) in [6.07, 6.45) is -2.60. The van der Waals surface area contributed by atoms with Gasteiger partial charge < -0.3 is 25.4 Å². The Balaban J connectivity index is 1.77. The average molecular weight is 522 g/mol. The minimum absolute atomic E-state index is 0.0108. The molecule has 12 heteroatoms. The van der Waals surface area contributed by atoms with Gasteiger partial charge in [-0.3, -0.25) is 0 Å². The zero-order valence-electron chi connectivity index (χ0n) is 19.8. The quantitative estimate of drug-likeness (QED) is 0.372. The number of aliphatic hydroxyl groups excluding tert-OH is 3. The van der Waals surface area contributed by atoms with Crippen LogP contribution in [0.2, 0.25) is 5.15 Å². The summed E-state index contributed by atoms with van der Waals surface area (Å²) in [5, 5.41) is 34.2. The van der Waals surface area contributed by atoms with E-state index in [0.717, 1.165) is 15.1 Å². The van der Waals surface area contributed by atoms with Gasteiger partial charge in [-0.15, -0.1) is 11.3 Å². The second-order valence-electron chi connectivity index (χ2n) is 9.47. The van der Waals surface area contributed by atoms with Crippen LogP contribution in [0.3, 0.4) is 0 Å². The number of nitrogens with zero attached hydrogens (tertiary/aromatic N) is 4. The Kier molecular flexibility index (Phi) is 7.16. The molecule has 4 rings (SSSR count). The highest BCUT2D eigenvalue weighted by molar-refractivity contribution is 7.21. The van der Waals surface area contributed by atoms with Crippen molar-refractivity contribution in [1.29, 1.82) is 0 Å². The minimum Gasteiger partial charge on any atom is -0.443 e. The van der Waals surface area contributed by atoms with Crippen LogP contribution in [-0.2, 0) is 4.74 Å². The topological polar surface area (TPSA) is 141 Å². The summed E-state index contributed by atoms with van der Waals surface area (Å²) < 4.78 is 6.35. The van der Waals surface area contributed by atoms with Gasteiger partial charge in [0.05, 0.1) is 27.9 Å². The molecular formula is C23H28ClN5O5S. The molecule has 0 spiro atoms. The van der Waals surface area contributed by atoms with Crippen molar-refractivity contribution in [3.05, 3.63) is 29.4 Å². The van der Waals surface area contributed by atoms with Crippen LogP contribution in [-0.4, -0.2) is 73.9 Å². The molecule has 0 radical (unpaired) electrons. The number of thiazole rings is 1. The Morgan fingerprint density at radius 3 is 2.57 bits per heavy atom. The lowest BCUT2D eigenvalue weighted by molar-refractivity contribution is 0.00446. The third kappa shape index (κ3) is 5.34. The lowest BCUT2D eigenvalue weighted by Crippen LogP contribution is -2.37. The monoisotopic (exact) mass is 521 g/mol. The van der Waals surface area contributed by atoms with E-state index < -0.39 is 35.9 Å². The Bertz CT molecular complexity index is 1200. The van der Waals surface area contributed by atoms with Crippen molar-refractivity contribution in [2.24, 2.45) is 5.92 Å². The highest BCUT2D eigenvalue weighted by Gasteiger charge is 2.42. The van der Waals surface area contributed by atoms with E-state index in [0.29, 0.717) is 17.0 Å². The maximum Gasteiger partial charge on any atom is 0.416 e. The number of aromatic nitrogens is 3. The van der Waals surface area contributed by atoms with Crippen LogP contribution >= 0.6 is 22.9 Å². The second kappa shape index (κ2) is 9.82. The zero-order chi connectivity index (χ0) is 25.5. The number of nitrogens with one attached hydrogen (secondary N) is 1. The smallest absolute Gasteiger partial charge is 0.416 e. The number of para-hydroxylation sites is 1. The molecule has 188 valence electrons. The van der Waals surface area contributed by atoms with Crippen LogP contribution in [0.25, 0.3) is 20.8 Å². The van der Waals surface area contributed by atoms with Gasteiger partial charge in [-0.25, -0.2) is 14.7 Å². The van der Waals surface area contributed by atoms with Gasteiger partial charge in [-0.1, -0.05) is 23.7 Å². The van der Waals surface area contributed by atoms with E-state index in [4.69, 9.17) is 16.3 Å². The number of hydrogen-bond donors (Lipinski definition) is 4. The lowest BCUT2D eigenvalue weighted by atomic mass is 10.1. The van der Waals surface area contributed by atoms with Crippen molar-refractivity contribution >= 4 is 51.0 Å². The van der Waals surface area contributed by atoms with E-state index in [9.17, 15) is 20.1 Å². The van der Waals surface area contributed by atoms with Crippen molar-refractivity contribution in [3.8, 4) is 10.6 Å². The molecule has 1 amide bonds. The Morgan fingerprint density at radius 1 is 1.23 bits per heavy atom. The molecule has 1 aliphatic rings. The molecule has 35 heavy (non-hydrogen) atoms. The van der Waals surface area contributed by atoms with Crippen molar-refractivity contribution in [2.45, 2.75) is 51.0 Å². The van der Waals surface area contributed by atoms with E-state index >= 15 is 0 Å². The number of ether oxygens (including phenoxy) is 1. The summed E-state index contributed by atoms with van der Waals surface area (Å²) in [5.74, 6) is -0.262. The molecule has 10 nitrogen and oxygen atoms in total. The van der Waals surface area contributed by atoms with Crippen LogP contribution in [0.5, 0.6) is 0 Å². The summed E-state index contributed by atoms with van der Waals surface area (Å²) in [4.78, 5) is 27.3. The lowest BCUT2D eigenvalue weighted by Gasteiger charge is -2.25. The highest BCUT2D eigenvalue weighted by atomic mass is 35.5. The molecule has 1 aromatic carbocycles. The predicted octanol–water partition coefficient (Wildman–Crippen LogP) is 3.29. The molecule has 0 unspecified atom stereocenters. The molecule has 4 N–H and O–H groups in total. The van der Waals surface area contributed by atoms with Gasteiger partial charge >= 0.3 is 6.09 Å². The number of aliphatic hydroxyl groups is 3. The third-order valence-electron chi connectivity index (χ3n) is 5.69. The van der Waals surface area contributed by atoms with E-state index in [-0.39, 0.29) is 23.5 Å². The van der Waals surface area contributed by atoms with E-state index in [1.54, 1.807) is 20.8 Å². The highest BCUT2D eigenvalue weighted by Crippen LogP contribution is 2.40. The summed E-state index contributed by atoms with van der Waals surface area (Å²) in [6, 6.07) is 6.98. The first-order valence-corrected chi connectivity index (χ1v) is 12.3. The number of hydrogen-bond acceptors (Lipinski definition) is 10. The fourth-order valence-corrected chi connectivity index (χ4v) is 5.20. The fraction of sp³-hybridized carbons (Fsp3) is 0.478. The Hall–Kier alpha value is -2.57.